The van der Waals surface area contributed by atoms with Crippen LogP contribution in [0, 0.1) is 0 Å². The topological polar surface area (TPSA) is 48.3 Å². The number of esters is 1. The number of aryl methyl sites for hydroxylation is 1. The van der Waals surface area contributed by atoms with Crippen molar-refractivity contribution >= 4 is 39.1 Å². The van der Waals surface area contributed by atoms with E-state index < -0.39 is 0 Å². The number of nitrogens with zero attached hydrogens (tertiary/aromatic N) is 1. The van der Waals surface area contributed by atoms with E-state index in [4.69, 9.17) is 4.74 Å². The lowest BCUT2D eigenvalue weighted by molar-refractivity contribution is 0.0528. The lowest BCUT2D eigenvalue weighted by atomic mass is 10.1. The number of ether oxygens (including phenoxy) is 1. The molecule has 0 saturated carbocycles. The van der Waals surface area contributed by atoms with Crippen molar-refractivity contribution in [1.82, 2.24) is 4.57 Å². The summed E-state index contributed by atoms with van der Waals surface area (Å²) in [5.41, 5.74) is 1.86. The van der Waals surface area contributed by atoms with Gasteiger partial charge in [0.05, 0.1) is 17.7 Å². The van der Waals surface area contributed by atoms with Crippen LogP contribution in [0.5, 0.6) is 0 Å². The fraction of sp³-hybridized carbons (Fsp3) is 0.231. The summed E-state index contributed by atoms with van der Waals surface area (Å²) in [4.78, 5) is 22.7. The molecule has 0 aliphatic heterocycles. The molecule has 0 saturated heterocycles. The van der Waals surface area contributed by atoms with Crippen molar-refractivity contribution in [3.63, 3.8) is 0 Å². The number of hydrogen-bond acceptors (Lipinski definition) is 3. The van der Waals surface area contributed by atoms with Crippen LogP contribution in [0.4, 0.5) is 0 Å². The van der Waals surface area contributed by atoms with Crippen LogP contribution in [0.25, 0.3) is 10.9 Å². The van der Waals surface area contributed by atoms with Gasteiger partial charge in [-0.2, -0.15) is 0 Å². The summed E-state index contributed by atoms with van der Waals surface area (Å²) in [6, 6.07) is 3.42. The molecule has 0 N–H and O–H groups in total. The van der Waals surface area contributed by atoms with E-state index in [1.54, 1.807) is 25.3 Å². The first-order valence-electron chi connectivity index (χ1n) is 5.49. The second kappa shape index (κ2) is 4.94. The maximum Gasteiger partial charge on any atom is 0.340 e. The Morgan fingerprint density at radius 3 is 2.83 bits per heavy atom. The van der Waals surface area contributed by atoms with Crippen molar-refractivity contribution in [1.29, 1.82) is 0 Å². The molecule has 0 unspecified atom stereocenters. The number of halogens is 1. The zero-order valence-corrected chi connectivity index (χ0v) is 11.7. The normalized spacial score (nSPS) is 10.6. The van der Waals surface area contributed by atoms with Gasteiger partial charge in [-0.3, -0.25) is 4.79 Å². The molecule has 4 nitrogen and oxygen atoms in total. The molecule has 0 fully saturated rings. The molecular weight excluding hydrogens is 298 g/mol. The molecule has 0 aliphatic rings. The van der Waals surface area contributed by atoms with Crippen LogP contribution in [0.3, 0.4) is 0 Å². The summed E-state index contributed by atoms with van der Waals surface area (Å²) >= 11 is 3.41. The molecule has 0 bridgehead atoms. The Hall–Kier alpha value is -1.62. The molecule has 2 rings (SSSR count). The predicted molar refractivity (Wildman–Crippen MR) is 72.0 cm³/mol. The largest absolute Gasteiger partial charge is 0.462 e. The highest BCUT2D eigenvalue weighted by molar-refractivity contribution is 9.10. The van der Waals surface area contributed by atoms with Gasteiger partial charge in [-0.1, -0.05) is 0 Å². The fourth-order valence-corrected chi connectivity index (χ4v) is 2.71. The van der Waals surface area contributed by atoms with Crippen LogP contribution in [0.1, 0.15) is 27.6 Å². The molecule has 1 aromatic carbocycles. The van der Waals surface area contributed by atoms with Gasteiger partial charge >= 0.3 is 5.97 Å². The van der Waals surface area contributed by atoms with Crippen molar-refractivity contribution in [3.05, 3.63) is 33.9 Å². The van der Waals surface area contributed by atoms with E-state index in [9.17, 15) is 9.59 Å². The molecule has 0 radical (unpaired) electrons. The minimum atomic E-state index is -0.377. The Bertz CT molecular complexity index is 631. The van der Waals surface area contributed by atoms with Gasteiger partial charge in [-0.05, 0) is 35.0 Å². The molecule has 1 heterocycles. The van der Waals surface area contributed by atoms with Crippen LogP contribution in [0.2, 0.25) is 0 Å². The number of benzene rings is 1. The average Bonchev–Trinajstić information content (AvgIpc) is 2.67. The first kappa shape index (κ1) is 12.8. The first-order valence-corrected chi connectivity index (χ1v) is 6.28. The second-order valence-corrected chi connectivity index (χ2v) is 4.75. The number of fused-ring (bicyclic) bond motifs is 1. The zero-order chi connectivity index (χ0) is 13.3. The van der Waals surface area contributed by atoms with Crippen LogP contribution in [-0.4, -0.2) is 23.4 Å². The number of aromatic nitrogens is 1. The van der Waals surface area contributed by atoms with E-state index >= 15 is 0 Å². The smallest absolute Gasteiger partial charge is 0.340 e. The molecule has 0 atom stereocenters. The highest BCUT2D eigenvalue weighted by Gasteiger charge is 2.17. The summed E-state index contributed by atoms with van der Waals surface area (Å²) < 4.78 is 7.62. The third-order valence-corrected chi connectivity index (χ3v) is 3.29. The standard InChI is InChI=1S/C13H12BrNO3/c1-3-18-13(17)10-6-15(2)12-9(10)4-8(7-16)5-11(12)14/h4-7H,3H2,1-2H3. The molecule has 94 valence electrons. The maximum atomic E-state index is 11.8. The summed E-state index contributed by atoms with van der Waals surface area (Å²) in [6.45, 7) is 2.08. The second-order valence-electron chi connectivity index (χ2n) is 3.89. The molecule has 1 aromatic heterocycles. The van der Waals surface area contributed by atoms with Crippen LogP contribution in [0.15, 0.2) is 22.8 Å². The van der Waals surface area contributed by atoms with Gasteiger partial charge in [0, 0.05) is 28.7 Å². The minimum Gasteiger partial charge on any atom is -0.462 e. The Labute approximate surface area is 113 Å². The molecule has 5 heteroatoms. The van der Waals surface area contributed by atoms with Crippen molar-refractivity contribution in [3.8, 4) is 0 Å². The van der Waals surface area contributed by atoms with Gasteiger partial charge in [0.1, 0.15) is 6.29 Å². The molecule has 0 amide bonds. The third-order valence-electron chi connectivity index (χ3n) is 2.68. The molecular formula is C13H12BrNO3. The van der Waals surface area contributed by atoms with Crippen molar-refractivity contribution in [2.24, 2.45) is 7.05 Å². The summed E-state index contributed by atoms with van der Waals surface area (Å²) in [5, 5.41) is 0.715. The van der Waals surface area contributed by atoms with Crippen molar-refractivity contribution < 1.29 is 14.3 Å². The van der Waals surface area contributed by atoms with E-state index in [2.05, 4.69) is 15.9 Å². The lowest BCUT2D eigenvalue weighted by Crippen LogP contribution is -2.03. The first-order chi connectivity index (χ1) is 8.58. The van der Waals surface area contributed by atoms with E-state index in [0.29, 0.717) is 23.1 Å². The molecule has 2 aromatic rings. The van der Waals surface area contributed by atoms with E-state index in [1.807, 2.05) is 11.6 Å². The minimum absolute atomic E-state index is 0.323. The Morgan fingerprint density at radius 2 is 2.22 bits per heavy atom. The number of hydrogen-bond donors (Lipinski definition) is 0. The Kier molecular flexibility index (Phi) is 3.52. The van der Waals surface area contributed by atoms with Crippen LogP contribution < -0.4 is 0 Å². The van der Waals surface area contributed by atoms with E-state index in [-0.39, 0.29) is 5.97 Å². The SMILES string of the molecule is CCOC(=O)c1cn(C)c2c(Br)cc(C=O)cc12. The molecule has 0 aliphatic carbocycles. The number of carbonyl (C=O) groups excluding carboxylic acids is 2. The number of rotatable bonds is 3. The quantitative estimate of drug-likeness (QED) is 0.647. The predicted octanol–water partition coefficient (Wildman–Crippen LogP) is 2.93. The van der Waals surface area contributed by atoms with Gasteiger partial charge < -0.3 is 9.30 Å². The van der Waals surface area contributed by atoms with Gasteiger partial charge in [0.2, 0.25) is 0 Å². The Balaban J connectivity index is 2.72. The van der Waals surface area contributed by atoms with Crippen LogP contribution >= 0.6 is 15.9 Å². The van der Waals surface area contributed by atoms with Crippen LogP contribution in [-0.2, 0) is 11.8 Å². The molecule has 18 heavy (non-hydrogen) atoms. The monoisotopic (exact) mass is 309 g/mol. The zero-order valence-electron chi connectivity index (χ0n) is 10.1. The van der Waals surface area contributed by atoms with E-state index in [1.165, 1.54) is 0 Å². The number of aldehydes is 1. The van der Waals surface area contributed by atoms with E-state index in [0.717, 1.165) is 16.3 Å². The van der Waals surface area contributed by atoms with Gasteiger partial charge in [0.25, 0.3) is 0 Å². The summed E-state index contributed by atoms with van der Waals surface area (Å²) in [6.07, 6.45) is 2.47. The Morgan fingerprint density at radius 1 is 1.50 bits per heavy atom. The maximum absolute atomic E-state index is 11.8. The summed E-state index contributed by atoms with van der Waals surface area (Å²) in [5.74, 6) is -0.377. The lowest BCUT2D eigenvalue weighted by Gasteiger charge is -2.02. The van der Waals surface area contributed by atoms with Crippen molar-refractivity contribution in [2.45, 2.75) is 6.92 Å². The van der Waals surface area contributed by atoms with Gasteiger partial charge in [-0.25, -0.2) is 4.79 Å². The summed E-state index contributed by atoms with van der Waals surface area (Å²) in [7, 11) is 1.84. The molecule has 0 spiro atoms. The third kappa shape index (κ3) is 2.06. The van der Waals surface area contributed by atoms with Gasteiger partial charge in [0.15, 0.2) is 0 Å². The van der Waals surface area contributed by atoms with Gasteiger partial charge in [-0.15, -0.1) is 0 Å². The highest BCUT2D eigenvalue weighted by Crippen LogP contribution is 2.29. The fourth-order valence-electron chi connectivity index (χ4n) is 1.95. The van der Waals surface area contributed by atoms with Crippen molar-refractivity contribution in [2.75, 3.05) is 6.61 Å². The number of carbonyl (C=O) groups is 2. The average molecular weight is 310 g/mol. The highest BCUT2D eigenvalue weighted by atomic mass is 79.9.